The van der Waals surface area contributed by atoms with Crippen LogP contribution in [0.3, 0.4) is 0 Å². The normalized spacial score (nSPS) is 21.9. The number of hydrogen-bond acceptors (Lipinski definition) is 5. The fourth-order valence-electron chi connectivity index (χ4n) is 3.87. The zero-order chi connectivity index (χ0) is 18.8. The van der Waals surface area contributed by atoms with E-state index < -0.39 is 6.04 Å². The lowest BCUT2D eigenvalue weighted by atomic mass is 10.2. The van der Waals surface area contributed by atoms with Crippen molar-refractivity contribution >= 4 is 23.3 Å². The van der Waals surface area contributed by atoms with Crippen LogP contribution in [0.4, 0.5) is 16.2 Å². The van der Waals surface area contributed by atoms with Gasteiger partial charge in [0.25, 0.3) is 5.91 Å². The fraction of sp³-hybridized carbons (Fsp3) is 0.600. The second kappa shape index (κ2) is 7.76. The molecule has 7 heteroatoms. The Morgan fingerprint density at radius 1 is 1.22 bits per heavy atom. The summed E-state index contributed by atoms with van der Waals surface area (Å²) in [5.74, 6) is 0.755. The van der Waals surface area contributed by atoms with Crippen molar-refractivity contribution in [3.8, 4) is 0 Å². The number of urea groups is 1. The van der Waals surface area contributed by atoms with E-state index in [-0.39, 0.29) is 11.9 Å². The molecule has 3 amide bonds. The summed E-state index contributed by atoms with van der Waals surface area (Å²) < 4.78 is 0. The molecule has 2 N–H and O–H groups in total. The van der Waals surface area contributed by atoms with Crippen LogP contribution in [0.2, 0.25) is 0 Å². The zero-order valence-corrected chi connectivity index (χ0v) is 16.0. The molecule has 1 aliphatic carbocycles. The smallest absolute Gasteiger partial charge is 0.324 e. The fourth-order valence-corrected chi connectivity index (χ4v) is 3.87. The molecule has 0 unspecified atom stereocenters. The summed E-state index contributed by atoms with van der Waals surface area (Å²) in [5, 5.41) is 5.92. The number of rotatable bonds is 6. The van der Waals surface area contributed by atoms with Gasteiger partial charge in [0.1, 0.15) is 6.04 Å². The van der Waals surface area contributed by atoms with Gasteiger partial charge in [0.05, 0.1) is 0 Å². The summed E-state index contributed by atoms with van der Waals surface area (Å²) in [6.45, 7) is 8.35. The van der Waals surface area contributed by atoms with Gasteiger partial charge >= 0.3 is 6.03 Å². The van der Waals surface area contributed by atoms with E-state index in [2.05, 4.69) is 32.6 Å². The molecule has 2 heterocycles. The van der Waals surface area contributed by atoms with Gasteiger partial charge in [-0.1, -0.05) is 6.07 Å². The van der Waals surface area contributed by atoms with E-state index in [9.17, 15) is 9.59 Å². The number of amides is 3. The summed E-state index contributed by atoms with van der Waals surface area (Å²) in [5.41, 5.74) is 2.10. The third-order valence-corrected chi connectivity index (χ3v) is 5.67. The van der Waals surface area contributed by atoms with Crippen LogP contribution in [0, 0.1) is 5.92 Å². The van der Waals surface area contributed by atoms with Gasteiger partial charge in [-0.3, -0.25) is 14.6 Å². The van der Waals surface area contributed by atoms with Crippen LogP contribution in [0.5, 0.6) is 0 Å². The molecule has 2 aliphatic heterocycles. The first-order valence-corrected chi connectivity index (χ1v) is 10.0. The first-order chi connectivity index (χ1) is 13.1. The molecule has 0 radical (unpaired) electrons. The predicted molar refractivity (Wildman–Crippen MR) is 106 cm³/mol. The number of carbonyl (C=O) groups is 2. The maximum atomic E-state index is 12.5. The Labute approximate surface area is 160 Å². The number of carbonyl (C=O) groups excluding carboxylic acids is 2. The van der Waals surface area contributed by atoms with E-state index in [1.54, 1.807) is 6.92 Å². The van der Waals surface area contributed by atoms with Crippen LogP contribution < -0.4 is 15.5 Å². The van der Waals surface area contributed by atoms with E-state index in [4.69, 9.17) is 0 Å². The van der Waals surface area contributed by atoms with Gasteiger partial charge < -0.3 is 15.5 Å². The van der Waals surface area contributed by atoms with E-state index in [1.807, 2.05) is 12.1 Å². The highest BCUT2D eigenvalue weighted by Gasteiger charge is 2.30. The molecule has 146 valence electrons. The highest BCUT2D eigenvalue weighted by molar-refractivity contribution is 5.99. The number of imide groups is 1. The quantitative estimate of drug-likeness (QED) is 0.795. The number of nitrogens with zero attached hydrogens (tertiary/aromatic N) is 3. The first kappa shape index (κ1) is 18.1. The topological polar surface area (TPSA) is 67.9 Å². The monoisotopic (exact) mass is 371 g/mol. The van der Waals surface area contributed by atoms with E-state index in [0.29, 0.717) is 13.1 Å². The summed E-state index contributed by atoms with van der Waals surface area (Å²) in [6, 6.07) is 7.48. The second-order valence-electron chi connectivity index (χ2n) is 7.87. The van der Waals surface area contributed by atoms with Gasteiger partial charge in [0.2, 0.25) is 0 Å². The summed E-state index contributed by atoms with van der Waals surface area (Å²) >= 11 is 0. The third kappa shape index (κ3) is 4.35. The van der Waals surface area contributed by atoms with Gasteiger partial charge in [-0.25, -0.2) is 4.79 Å². The Morgan fingerprint density at radius 3 is 2.67 bits per heavy atom. The average Bonchev–Trinajstić information content (AvgIpc) is 3.39. The summed E-state index contributed by atoms with van der Waals surface area (Å²) in [4.78, 5) is 30.4. The van der Waals surface area contributed by atoms with Crippen molar-refractivity contribution in [3.63, 3.8) is 0 Å². The molecule has 1 saturated carbocycles. The van der Waals surface area contributed by atoms with Gasteiger partial charge in [-0.15, -0.1) is 0 Å². The maximum Gasteiger partial charge on any atom is 0.324 e. The lowest BCUT2D eigenvalue weighted by Crippen LogP contribution is -2.47. The lowest BCUT2D eigenvalue weighted by Gasteiger charge is -2.36. The minimum atomic E-state index is -0.445. The number of nitrogens with one attached hydrogen (secondary N) is 2. The van der Waals surface area contributed by atoms with Crippen molar-refractivity contribution in [2.75, 3.05) is 56.0 Å². The SMILES string of the molecule is C[C@H](Nc1cccc(N2CCN(CC3CC3)CC2)c1)C(=O)N1CCNC1=O. The van der Waals surface area contributed by atoms with Gasteiger partial charge in [-0.05, 0) is 43.9 Å². The highest BCUT2D eigenvalue weighted by atomic mass is 16.2. The van der Waals surface area contributed by atoms with Crippen LogP contribution in [-0.4, -0.2) is 73.6 Å². The molecule has 1 aromatic carbocycles. The van der Waals surface area contributed by atoms with E-state index >= 15 is 0 Å². The highest BCUT2D eigenvalue weighted by Crippen LogP contribution is 2.30. The van der Waals surface area contributed by atoms with Crippen LogP contribution in [0.1, 0.15) is 19.8 Å². The second-order valence-corrected chi connectivity index (χ2v) is 7.87. The number of hydrogen-bond donors (Lipinski definition) is 2. The minimum Gasteiger partial charge on any atom is -0.374 e. The first-order valence-electron chi connectivity index (χ1n) is 10.0. The lowest BCUT2D eigenvalue weighted by molar-refractivity contribution is -0.128. The maximum absolute atomic E-state index is 12.5. The van der Waals surface area contributed by atoms with Crippen LogP contribution in [0.15, 0.2) is 24.3 Å². The minimum absolute atomic E-state index is 0.191. The van der Waals surface area contributed by atoms with Gasteiger partial charge in [0, 0.05) is 57.2 Å². The molecule has 0 bridgehead atoms. The van der Waals surface area contributed by atoms with E-state index in [0.717, 1.165) is 37.8 Å². The number of anilines is 2. The zero-order valence-electron chi connectivity index (χ0n) is 16.0. The van der Waals surface area contributed by atoms with Crippen molar-refractivity contribution in [2.24, 2.45) is 5.92 Å². The van der Waals surface area contributed by atoms with Crippen molar-refractivity contribution in [1.29, 1.82) is 0 Å². The molecule has 7 nitrogen and oxygen atoms in total. The molecule has 1 aromatic rings. The molecule has 4 rings (SSSR count). The van der Waals surface area contributed by atoms with Crippen LogP contribution >= 0.6 is 0 Å². The summed E-state index contributed by atoms with van der Waals surface area (Å²) in [7, 11) is 0. The van der Waals surface area contributed by atoms with Crippen molar-refractivity contribution in [1.82, 2.24) is 15.1 Å². The molecular formula is C20H29N5O2. The molecule has 27 heavy (non-hydrogen) atoms. The van der Waals surface area contributed by atoms with Crippen LogP contribution in [0.25, 0.3) is 0 Å². The predicted octanol–water partition coefficient (Wildman–Crippen LogP) is 1.57. The van der Waals surface area contributed by atoms with Crippen molar-refractivity contribution in [2.45, 2.75) is 25.8 Å². The molecule has 1 atom stereocenters. The molecule has 3 aliphatic rings. The number of benzene rings is 1. The largest absolute Gasteiger partial charge is 0.374 e. The molecular weight excluding hydrogens is 342 g/mol. The molecule has 3 fully saturated rings. The average molecular weight is 371 g/mol. The Hall–Kier alpha value is -2.28. The molecule has 0 aromatic heterocycles. The number of piperazine rings is 1. The Bertz CT molecular complexity index is 697. The Morgan fingerprint density at radius 2 is 2.00 bits per heavy atom. The van der Waals surface area contributed by atoms with Crippen LogP contribution in [-0.2, 0) is 4.79 Å². The van der Waals surface area contributed by atoms with Crippen molar-refractivity contribution < 1.29 is 9.59 Å². The standard InChI is InChI=1S/C20H29N5O2/c1-15(19(26)25-8-7-21-20(25)27)22-17-3-2-4-18(13-17)24-11-9-23(10-12-24)14-16-5-6-16/h2-4,13,15-16,22H,5-12,14H2,1H3,(H,21,27)/t15-/m0/s1. The third-order valence-electron chi connectivity index (χ3n) is 5.67. The Balaban J connectivity index is 1.33. The summed E-state index contributed by atoms with van der Waals surface area (Å²) in [6.07, 6.45) is 2.81. The molecule has 2 saturated heterocycles. The Kier molecular flexibility index (Phi) is 5.20. The van der Waals surface area contributed by atoms with E-state index in [1.165, 1.54) is 30.0 Å². The van der Waals surface area contributed by atoms with Crippen molar-refractivity contribution in [3.05, 3.63) is 24.3 Å². The van der Waals surface area contributed by atoms with Gasteiger partial charge in [-0.2, -0.15) is 0 Å². The molecule has 0 spiro atoms. The van der Waals surface area contributed by atoms with Gasteiger partial charge in [0.15, 0.2) is 0 Å².